The lowest BCUT2D eigenvalue weighted by Crippen LogP contribution is -2.31. The first-order chi connectivity index (χ1) is 21.0. The fourth-order valence-electron chi connectivity index (χ4n) is 4.61. The highest BCUT2D eigenvalue weighted by Gasteiger charge is 2.17. The van der Waals surface area contributed by atoms with Crippen molar-refractivity contribution in [1.29, 1.82) is 0 Å². The van der Waals surface area contributed by atoms with Crippen molar-refractivity contribution < 1.29 is 9.18 Å². The van der Waals surface area contributed by atoms with Crippen molar-refractivity contribution in [2.75, 3.05) is 6.54 Å². The zero-order valence-electron chi connectivity index (χ0n) is 23.9. The summed E-state index contributed by atoms with van der Waals surface area (Å²) in [6.45, 7) is 3.33. The molecule has 43 heavy (non-hydrogen) atoms. The molecule has 0 N–H and O–H groups in total. The summed E-state index contributed by atoms with van der Waals surface area (Å²) < 4.78 is 15.3. The largest absolute Gasteiger partial charge is 0.334 e. The Morgan fingerprint density at radius 3 is 2.33 bits per heavy atom. The molecular formula is C34H32FN5O2S. The van der Waals surface area contributed by atoms with Gasteiger partial charge in [-0.15, -0.1) is 0 Å². The van der Waals surface area contributed by atoms with Crippen LogP contribution >= 0.6 is 11.8 Å². The second kappa shape index (κ2) is 14.5. The first-order valence-corrected chi connectivity index (χ1v) is 15.2. The minimum Gasteiger partial charge on any atom is -0.334 e. The van der Waals surface area contributed by atoms with Gasteiger partial charge in [-0.1, -0.05) is 67.6 Å². The summed E-state index contributed by atoms with van der Waals surface area (Å²) >= 11 is 1.39. The smallest absolute Gasteiger partial charge is 0.277 e. The van der Waals surface area contributed by atoms with Crippen molar-refractivity contribution in [2.24, 2.45) is 0 Å². The van der Waals surface area contributed by atoms with Gasteiger partial charge in [-0.3, -0.25) is 14.2 Å². The molecule has 218 valence electrons. The van der Waals surface area contributed by atoms with E-state index < -0.39 is 0 Å². The van der Waals surface area contributed by atoms with Gasteiger partial charge in [-0.25, -0.2) is 14.4 Å². The molecule has 7 nitrogen and oxygen atoms in total. The number of hydrogen-bond acceptors (Lipinski definition) is 6. The monoisotopic (exact) mass is 593 g/mol. The molecule has 0 bridgehead atoms. The van der Waals surface area contributed by atoms with Crippen molar-refractivity contribution >= 4 is 17.7 Å². The zero-order valence-corrected chi connectivity index (χ0v) is 24.7. The summed E-state index contributed by atoms with van der Waals surface area (Å²) in [6.07, 6.45) is 8.83. The highest BCUT2D eigenvalue weighted by molar-refractivity contribution is 7.98. The molecular weight excluding hydrogens is 561 g/mol. The van der Waals surface area contributed by atoms with E-state index in [-0.39, 0.29) is 17.3 Å². The molecule has 2 aromatic heterocycles. The molecule has 0 fully saturated rings. The Balaban J connectivity index is 1.44. The SMILES string of the molecule is CCCCN(Cc1ccccc1)C(=O)c1ccc(-n2cc(Cc3cncnc3)c(=O)nc2SCc2ccc(F)cc2)cc1. The van der Waals surface area contributed by atoms with E-state index in [9.17, 15) is 14.0 Å². The predicted octanol–water partition coefficient (Wildman–Crippen LogP) is 6.49. The average Bonchev–Trinajstić information content (AvgIpc) is 3.04. The molecule has 0 unspecified atom stereocenters. The minimum atomic E-state index is -0.332. The minimum absolute atomic E-state index is 0.0300. The third-order valence-electron chi connectivity index (χ3n) is 6.93. The van der Waals surface area contributed by atoms with E-state index in [2.05, 4.69) is 21.9 Å². The van der Waals surface area contributed by atoms with Crippen LogP contribution in [0.1, 0.15) is 52.4 Å². The van der Waals surface area contributed by atoms with Crippen LogP contribution in [0.15, 0.2) is 114 Å². The van der Waals surface area contributed by atoms with Gasteiger partial charge < -0.3 is 4.90 Å². The number of benzene rings is 3. The van der Waals surface area contributed by atoms with Crippen LogP contribution in [-0.2, 0) is 18.7 Å². The third kappa shape index (κ3) is 8.02. The fourth-order valence-corrected chi connectivity index (χ4v) is 5.54. The lowest BCUT2D eigenvalue weighted by molar-refractivity contribution is 0.0741. The zero-order chi connectivity index (χ0) is 30.0. The molecule has 0 saturated carbocycles. The first-order valence-electron chi connectivity index (χ1n) is 14.2. The molecule has 0 saturated heterocycles. The van der Waals surface area contributed by atoms with Crippen molar-refractivity contribution in [2.45, 2.75) is 43.6 Å². The summed E-state index contributed by atoms with van der Waals surface area (Å²) in [5.74, 6) is 0.170. The normalized spacial score (nSPS) is 10.9. The molecule has 3 aromatic carbocycles. The highest BCUT2D eigenvalue weighted by atomic mass is 32.2. The summed E-state index contributed by atoms with van der Waals surface area (Å²) in [6, 6.07) is 23.6. The lowest BCUT2D eigenvalue weighted by atomic mass is 10.1. The van der Waals surface area contributed by atoms with E-state index >= 15 is 0 Å². The summed E-state index contributed by atoms with van der Waals surface area (Å²) in [5.41, 5.74) is 4.31. The van der Waals surface area contributed by atoms with Crippen molar-refractivity contribution in [1.82, 2.24) is 24.4 Å². The van der Waals surface area contributed by atoms with Gasteiger partial charge >= 0.3 is 0 Å². The molecule has 0 aliphatic heterocycles. The Morgan fingerprint density at radius 2 is 1.63 bits per heavy atom. The second-order valence-corrected chi connectivity index (χ2v) is 11.1. The first kappa shape index (κ1) is 29.8. The van der Waals surface area contributed by atoms with Crippen molar-refractivity contribution in [3.05, 3.63) is 148 Å². The molecule has 5 rings (SSSR count). The molecule has 0 aliphatic rings. The number of nitrogens with zero attached hydrogens (tertiary/aromatic N) is 5. The fraction of sp³-hybridized carbons (Fsp3) is 0.206. The highest BCUT2D eigenvalue weighted by Crippen LogP contribution is 2.25. The molecule has 0 aliphatic carbocycles. The number of carbonyl (C=O) groups is 1. The Hall–Kier alpha value is -4.63. The number of rotatable bonds is 12. The van der Waals surface area contributed by atoms with Gasteiger partial charge in [-0.05, 0) is 59.5 Å². The number of aromatic nitrogens is 4. The van der Waals surface area contributed by atoms with E-state index in [1.807, 2.05) is 64.1 Å². The predicted molar refractivity (Wildman–Crippen MR) is 167 cm³/mol. The van der Waals surface area contributed by atoms with Gasteiger partial charge in [0.05, 0.1) is 0 Å². The molecule has 1 amide bonds. The van der Waals surface area contributed by atoms with Crippen LogP contribution in [0.2, 0.25) is 0 Å². The molecule has 9 heteroatoms. The maximum absolute atomic E-state index is 13.6. The number of halogens is 1. The van der Waals surface area contributed by atoms with Crippen LogP contribution in [0.4, 0.5) is 4.39 Å². The van der Waals surface area contributed by atoms with E-state index in [4.69, 9.17) is 0 Å². The average molecular weight is 594 g/mol. The van der Waals surface area contributed by atoms with E-state index in [0.29, 0.717) is 41.5 Å². The number of hydrogen-bond donors (Lipinski definition) is 0. The van der Waals surface area contributed by atoms with E-state index in [0.717, 1.165) is 35.2 Å². The van der Waals surface area contributed by atoms with Crippen LogP contribution < -0.4 is 5.56 Å². The van der Waals surface area contributed by atoms with Gasteiger partial charge in [0.25, 0.3) is 11.5 Å². The molecule has 0 spiro atoms. The Labute approximate surface area is 254 Å². The maximum Gasteiger partial charge on any atom is 0.277 e. The van der Waals surface area contributed by atoms with Gasteiger partial charge in [0.15, 0.2) is 5.16 Å². The van der Waals surface area contributed by atoms with Crippen LogP contribution in [0.5, 0.6) is 0 Å². The quantitative estimate of drug-likeness (QED) is 0.122. The van der Waals surface area contributed by atoms with Gasteiger partial charge in [0.1, 0.15) is 12.1 Å². The molecule has 5 aromatic rings. The van der Waals surface area contributed by atoms with Crippen LogP contribution in [0.25, 0.3) is 5.69 Å². The molecule has 0 atom stereocenters. The number of amides is 1. The molecule has 0 radical (unpaired) electrons. The topological polar surface area (TPSA) is 81.0 Å². The summed E-state index contributed by atoms with van der Waals surface area (Å²) in [7, 11) is 0. The van der Waals surface area contributed by atoms with Crippen molar-refractivity contribution in [3.63, 3.8) is 0 Å². The Bertz CT molecular complexity index is 1700. The number of unbranched alkanes of at least 4 members (excludes halogenated alkanes) is 1. The Kier molecular flexibility index (Phi) is 10.1. The Morgan fingerprint density at radius 1 is 0.907 bits per heavy atom. The van der Waals surface area contributed by atoms with Crippen LogP contribution in [0.3, 0.4) is 0 Å². The second-order valence-electron chi connectivity index (χ2n) is 10.2. The number of carbonyl (C=O) groups excluding carboxylic acids is 1. The lowest BCUT2D eigenvalue weighted by Gasteiger charge is -2.23. The standard InChI is InChI=1S/C34H32FN5O2S/c1-2-3-17-39(21-25-7-5-4-6-8-25)33(42)28-11-15-31(16-12-28)40-22-29(18-27-19-36-24-37-20-27)32(41)38-34(40)43-23-26-9-13-30(35)14-10-26/h4-16,19-20,22,24H,2-3,17-18,21,23H2,1H3. The summed E-state index contributed by atoms with van der Waals surface area (Å²) in [5, 5.41) is 0.495. The maximum atomic E-state index is 13.6. The van der Waals surface area contributed by atoms with Crippen molar-refractivity contribution in [3.8, 4) is 5.69 Å². The van der Waals surface area contributed by atoms with Crippen LogP contribution in [0, 0.1) is 5.82 Å². The van der Waals surface area contributed by atoms with Crippen LogP contribution in [-0.4, -0.2) is 36.9 Å². The summed E-state index contributed by atoms with van der Waals surface area (Å²) in [4.78, 5) is 41.1. The van der Waals surface area contributed by atoms with E-state index in [1.54, 1.807) is 30.7 Å². The number of thioether (sulfide) groups is 1. The van der Waals surface area contributed by atoms with Gasteiger partial charge in [0.2, 0.25) is 0 Å². The third-order valence-corrected chi connectivity index (χ3v) is 7.95. The van der Waals surface area contributed by atoms with Gasteiger partial charge in [0, 0.05) is 60.7 Å². The van der Waals surface area contributed by atoms with E-state index in [1.165, 1.54) is 30.2 Å². The molecule has 2 heterocycles. The van der Waals surface area contributed by atoms with Gasteiger partial charge in [-0.2, -0.15) is 4.98 Å².